The van der Waals surface area contributed by atoms with Crippen LogP contribution in [0.5, 0.6) is 5.75 Å². The Hall–Kier alpha value is -2.47. The standard InChI is InChI=1S/C20H26N4O2/c1-23(2)14-18-19(22-10-9-21-18)15-7-11-24(12-8-15)20(25)16-5-4-6-17(13-16)26-3/h4-6,9-10,13,15H,7-8,11-12,14H2,1-3H3. The molecule has 0 N–H and O–H groups in total. The number of methoxy groups -OCH3 is 1. The van der Waals surface area contributed by atoms with Crippen LogP contribution >= 0.6 is 0 Å². The summed E-state index contributed by atoms with van der Waals surface area (Å²) in [4.78, 5) is 25.9. The molecule has 1 aromatic carbocycles. The third-order valence-electron chi connectivity index (χ3n) is 4.76. The molecule has 1 saturated heterocycles. The van der Waals surface area contributed by atoms with Gasteiger partial charge in [0.05, 0.1) is 18.5 Å². The van der Waals surface area contributed by atoms with Crippen LogP contribution in [0.1, 0.15) is 40.5 Å². The molecule has 6 heteroatoms. The molecule has 2 heterocycles. The van der Waals surface area contributed by atoms with Crippen molar-refractivity contribution in [2.45, 2.75) is 25.3 Å². The second kappa shape index (κ2) is 8.27. The molecule has 0 radical (unpaired) electrons. The van der Waals surface area contributed by atoms with Crippen molar-refractivity contribution in [3.63, 3.8) is 0 Å². The van der Waals surface area contributed by atoms with E-state index in [0.717, 1.165) is 43.9 Å². The van der Waals surface area contributed by atoms with Gasteiger partial charge in [-0.2, -0.15) is 0 Å². The van der Waals surface area contributed by atoms with Crippen molar-refractivity contribution < 1.29 is 9.53 Å². The van der Waals surface area contributed by atoms with E-state index in [4.69, 9.17) is 4.74 Å². The summed E-state index contributed by atoms with van der Waals surface area (Å²) in [5.74, 6) is 1.13. The maximum absolute atomic E-state index is 12.8. The van der Waals surface area contributed by atoms with Gasteiger partial charge in [0, 0.05) is 43.5 Å². The van der Waals surface area contributed by atoms with Gasteiger partial charge in [-0.1, -0.05) is 6.07 Å². The van der Waals surface area contributed by atoms with Gasteiger partial charge >= 0.3 is 0 Å². The molecule has 3 rings (SSSR count). The van der Waals surface area contributed by atoms with Gasteiger partial charge in [0.25, 0.3) is 5.91 Å². The summed E-state index contributed by atoms with van der Waals surface area (Å²) in [6.07, 6.45) is 5.34. The van der Waals surface area contributed by atoms with Crippen molar-refractivity contribution >= 4 is 5.91 Å². The van der Waals surface area contributed by atoms with Crippen molar-refractivity contribution in [1.29, 1.82) is 0 Å². The number of hydrogen-bond donors (Lipinski definition) is 0. The zero-order valence-corrected chi connectivity index (χ0v) is 15.7. The van der Waals surface area contributed by atoms with Gasteiger partial charge in [-0.3, -0.25) is 14.8 Å². The van der Waals surface area contributed by atoms with Crippen LogP contribution in [-0.2, 0) is 6.54 Å². The van der Waals surface area contributed by atoms with Gasteiger partial charge in [-0.25, -0.2) is 0 Å². The maximum Gasteiger partial charge on any atom is 0.253 e. The van der Waals surface area contributed by atoms with E-state index < -0.39 is 0 Å². The SMILES string of the molecule is COc1cccc(C(=O)N2CCC(c3nccnc3CN(C)C)CC2)c1. The number of aromatic nitrogens is 2. The molecule has 0 spiro atoms. The Bertz CT molecular complexity index is 755. The van der Waals surface area contributed by atoms with Gasteiger partial charge in [0.1, 0.15) is 5.75 Å². The van der Waals surface area contributed by atoms with Crippen LogP contribution in [0.2, 0.25) is 0 Å². The number of benzene rings is 1. The Morgan fingerprint density at radius 2 is 1.96 bits per heavy atom. The quantitative estimate of drug-likeness (QED) is 0.826. The minimum absolute atomic E-state index is 0.0648. The third kappa shape index (κ3) is 4.19. The predicted octanol–water partition coefficient (Wildman–Crippen LogP) is 2.57. The molecule has 1 aliphatic heterocycles. The number of likely N-dealkylation sites (tertiary alicyclic amines) is 1. The van der Waals surface area contributed by atoms with Crippen molar-refractivity contribution in [3.05, 3.63) is 53.6 Å². The lowest BCUT2D eigenvalue weighted by Gasteiger charge is -2.32. The van der Waals surface area contributed by atoms with Crippen LogP contribution in [0.3, 0.4) is 0 Å². The number of ether oxygens (including phenoxy) is 1. The Labute approximate surface area is 154 Å². The molecule has 1 fully saturated rings. The molecular weight excluding hydrogens is 328 g/mol. The molecule has 1 aromatic heterocycles. The maximum atomic E-state index is 12.8. The Morgan fingerprint density at radius 3 is 2.65 bits per heavy atom. The fraction of sp³-hybridized carbons (Fsp3) is 0.450. The summed E-state index contributed by atoms with van der Waals surface area (Å²) >= 11 is 0. The summed E-state index contributed by atoms with van der Waals surface area (Å²) in [6.45, 7) is 2.25. The first-order valence-corrected chi connectivity index (χ1v) is 8.96. The molecular formula is C20H26N4O2. The zero-order valence-electron chi connectivity index (χ0n) is 15.7. The minimum Gasteiger partial charge on any atom is -0.497 e. The van der Waals surface area contributed by atoms with Gasteiger partial charge in [0.15, 0.2) is 0 Å². The number of nitrogens with zero attached hydrogens (tertiary/aromatic N) is 4. The topological polar surface area (TPSA) is 58.6 Å². The van der Waals surface area contributed by atoms with Gasteiger partial charge in [-0.15, -0.1) is 0 Å². The highest BCUT2D eigenvalue weighted by Crippen LogP contribution is 2.29. The number of hydrogen-bond acceptors (Lipinski definition) is 5. The van der Waals surface area contributed by atoms with Crippen molar-refractivity contribution in [2.75, 3.05) is 34.3 Å². The van der Waals surface area contributed by atoms with Gasteiger partial charge in [-0.05, 0) is 45.1 Å². The van der Waals surface area contributed by atoms with E-state index in [1.807, 2.05) is 37.2 Å². The van der Waals surface area contributed by atoms with Gasteiger partial charge < -0.3 is 14.5 Å². The van der Waals surface area contributed by atoms with Crippen LogP contribution in [0.25, 0.3) is 0 Å². The van der Waals surface area contributed by atoms with Crippen LogP contribution in [0.15, 0.2) is 36.7 Å². The molecule has 0 unspecified atom stereocenters. The number of carbonyl (C=O) groups is 1. The summed E-state index contributed by atoms with van der Waals surface area (Å²) in [5, 5.41) is 0. The van der Waals surface area contributed by atoms with E-state index in [2.05, 4.69) is 14.9 Å². The highest BCUT2D eigenvalue weighted by Gasteiger charge is 2.27. The first kappa shape index (κ1) is 18.3. The highest BCUT2D eigenvalue weighted by molar-refractivity contribution is 5.94. The Morgan fingerprint density at radius 1 is 1.23 bits per heavy atom. The normalized spacial score (nSPS) is 15.3. The Kier molecular flexibility index (Phi) is 5.83. The minimum atomic E-state index is 0.0648. The van der Waals surface area contributed by atoms with Crippen LogP contribution < -0.4 is 4.74 Å². The molecule has 0 aliphatic carbocycles. The molecule has 138 valence electrons. The molecule has 2 aromatic rings. The summed E-state index contributed by atoms with van der Waals surface area (Å²) < 4.78 is 5.22. The van der Waals surface area contributed by atoms with Crippen molar-refractivity contribution in [2.24, 2.45) is 0 Å². The second-order valence-corrected chi connectivity index (χ2v) is 6.92. The van der Waals surface area contributed by atoms with E-state index in [1.165, 1.54) is 0 Å². The molecule has 6 nitrogen and oxygen atoms in total. The molecule has 1 amide bonds. The van der Waals surface area contributed by atoms with E-state index in [1.54, 1.807) is 25.6 Å². The second-order valence-electron chi connectivity index (χ2n) is 6.92. The first-order valence-electron chi connectivity index (χ1n) is 8.96. The molecule has 0 atom stereocenters. The van der Waals surface area contributed by atoms with Gasteiger partial charge in [0.2, 0.25) is 0 Å². The Balaban J connectivity index is 1.67. The zero-order chi connectivity index (χ0) is 18.5. The molecule has 0 bridgehead atoms. The van der Waals surface area contributed by atoms with Crippen molar-refractivity contribution in [1.82, 2.24) is 19.8 Å². The fourth-order valence-corrected chi connectivity index (χ4v) is 3.43. The van der Waals surface area contributed by atoms with E-state index in [-0.39, 0.29) is 5.91 Å². The summed E-state index contributed by atoms with van der Waals surface area (Å²) in [6, 6.07) is 7.34. The molecule has 0 saturated carbocycles. The van der Waals surface area contributed by atoms with E-state index in [9.17, 15) is 4.79 Å². The van der Waals surface area contributed by atoms with Crippen LogP contribution in [-0.4, -0.2) is 60.0 Å². The summed E-state index contributed by atoms with van der Waals surface area (Å²) in [5.41, 5.74) is 2.79. The van der Waals surface area contributed by atoms with Crippen molar-refractivity contribution in [3.8, 4) is 5.75 Å². The molecule has 1 aliphatic rings. The monoisotopic (exact) mass is 354 g/mol. The lowest BCUT2D eigenvalue weighted by Crippen LogP contribution is -2.38. The number of carbonyl (C=O) groups excluding carboxylic acids is 1. The largest absolute Gasteiger partial charge is 0.497 e. The van der Waals surface area contributed by atoms with E-state index in [0.29, 0.717) is 17.2 Å². The average Bonchev–Trinajstić information content (AvgIpc) is 2.67. The summed E-state index contributed by atoms with van der Waals surface area (Å²) in [7, 11) is 5.68. The first-order chi connectivity index (χ1) is 12.6. The van der Waals surface area contributed by atoms with Crippen LogP contribution in [0.4, 0.5) is 0 Å². The predicted molar refractivity (Wildman–Crippen MR) is 100 cm³/mol. The lowest BCUT2D eigenvalue weighted by molar-refractivity contribution is 0.0711. The fourth-order valence-electron chi connectivity index (χ4n) is 3.43. The lowest BCUT2D eigenvalue weighted by atomic mass is 9.91. The average molecular weight is 354 g/mol. The highest BCUT2D eigenvalue weighted by atomic mass is 16.5. The van der Waals surface area contributed by atoms with Crippen LogP contribution in [0, 0.1) is 0 Å². The third-order valence-corrected chi connectivity index (χ3v) is 4.76. The number of rotatable bonds is 5. The smallest absolute Gasteiger partial charge is 0.253 e. The van der Waals surface area contributed by atoms with E-state index >= 15 is 0 Å². The molecule has 26 heavy (non-hydrogen) atoms. The number of amides is 1. The number of piperidine rings is 1.